The summed E-state index contributed by atoms with van der Waals surface area (Å²) in [4.78, 5) is 0. The van der Waals surface area contributed by atoms with E-state index in [0.29, 0.717) is 24.0 Å². The summed E-state index contributed by atoms with van der Waals surface area (Å²) in [5, 5.41) is 3.73. The molecule has 0 spiro atoms. The van der Waals surface area contributed by atoms with Gasteiger partial charge in [-0.2, -0.15) is 0 Å². The van der Waals surface area contributed by atoms with Crippen molar-refractivity contribution in [2.75, 3.05) is 20.3 Å². The maximum absolute atomic E-state index is 6.01. The standard InChI is InChI=1S/C16H18ClNO2/c1-18-12-13-6-2-4-8-15(13)19-10-11-20-16-9-5-3-7-14(16)17/h2-9,18H,10-12H2,1H3. The first-order valence-corrected chi connectivity index (χ1v) is 6.91. The summed E-state index contributed by atoms with van der Waals surface area (Å²) in [6.07, 6.45) is 0. The highest BCUT2D eigenvalue weighted by atomic mass is 35.5. The van der Waals surface area contributed by atoms with Gasteiger partial charge >= 0.3 is 0 Å². The van der Waals surface area contributed by atoms with Crippen LogP contribution in [-0.2, 0) is 6.54 Å². The summed E-state index contributed by atoms with van der Waals surface area (Å²) in [5.41, 5.74) is 1.13. The van der Waals surface area contributed by atoms with Gasteiger partial charge in [0.25, 0.3) is 0 Å². The molecule has 0 radical (unpaired) electrons. The Morgan fingerprint density at radius 3 is 2.20 bits per heavy atom. The van der Waals surface area contributed by atoms with Crippen LogP contribution in [0.4, 0.5) is 0 Å². The van der Waals surface area contributed by atoms with Crippen molar-refractivity contribution >= 4 is 11.6 Å². The van der Waals surface area contributed by atoms with E-state index in [-0.39, 0.29) is 0 Å². The van der Waals surface area contributed by atoms with Gasteiger partial charge in [0.15, 0.2) is 0 Å². The summed E-state index contributed by atoms with van der Waals surface area (Å²) in [6.45, 7) is 1.71. The summed E-state index contributed by atoms with van der Waals surface area (Å²) in [7, 11) is 1.91. The normalized spacial score (nSPS) is 10.3. The van der Waals surface area contributed by atoms with Crippen molar-refractivity contribution < 1.29 is 9.47 Å². The molecule has 0 aliphatic rings. The van der Waals surface area contributed by atoms with Gasteiger partial charge in [0.1, 0.15) is 24.7 Å². The molecule has 2 aromatic carbocycles. The average molecular weight is 292 g/mol. The third-order valence-corrected chi connectivity index (χ3v) is 3.09. The van der Waals surface area contributed by atoms with Gasteiger partial charge in [-0.15, -0.1) is 0 Å². The van der Waals surface area contributed by atoms with Crippen molar-refractivity contribution in [3.63, 3.8) is 0 Å². The second-order valence-corrected chi connectivity index (χ2v) is 4.67. The molecule has 4 heteroatoms. The molecule has 0 unspecified atom stereocenters. The van der Waals surface area contributed by atoms with Crippen molar-refractivity contribution in [3.05, 3.63) is 59.1 Å². The minimum Gasteiger partial charge on any atom is -0.490 e. The highest BCUT2D eigenvalue weighted by molar-refractivity contribution is 6.32. The lowest BCUT2D eigenvalue weighted by Gasteiger charge is -2.12. The van der Waals surface area contributed by atoms with Crippen molar-refractivity contribution in [2.24, 2.45) is 0 Å². The zero-order valence-electron chi connectivity index (χ0n) is 11.4. The number of nitrogens with one attached hydrogen (secondary N) is 1. The molecule has 20 heavy (non-hydrogen) atoms. The smallest absolute Gasteiger partial charge is 0.138 e. The van der Waals surface area contributed by atoms with Gasteiger partial charge < -0.3 is 14.8 Å². The van der Waals surface area contributed by atoms with E-state index < -0.39 is 0 Å². The lowest BCUT2D eigenvalue weighted by molar-refractivity contribution is 0.216. The van der Waals surface area contributed by atoms with Gasteiger partial charge in [-0.25, -0.2) is 0 Å². The van der Waals surface area contributed by atoms with Crippen LogP contribution in [0.25, 0.3) is 0 Å². The predicted molar refractivity (Wildman–Crippen MR) is 81.6 cm³/mol. The molecular formula is C16H18ClNO2. The van der Waals surface area contributed by atoms with Crippen LogP contribution in [0.2, 0.25) is 5.02 Å². The summed E-state index contributed by atoms with van der Waals surface area (Å²) in [5.74, 6) is 1.56. The molecule has 0 atom stereocenters. The fraction of sp³-hybridized carbons (Fsp3) is 0.250. The highest BCUT2D eigenvalue weighted by Gasteiger charge is 2.03. The average Bonchev–Trinajstić information content (AvgIpc) is 2.47. The van der Waals surface area contributed by atoms with Crippen molar-refractivity contribution in [2.45, 2.75) is 6.54 Å². The van der Waals surface area contributed by atoms with Crippen LogP contribution in [0.1, 0.15) is 5.56 Å². The quantitative estimate of drug-likeness (QED) is 0.792. The number of ether oxygens (including phenoxy) is 2. The Bertz CT molecular complexity index is 546. The fourth-order valence-corrected chi connectivity index (χ4v) is 2.04. The van der Waals surface area contributed by atoms with Crippen LogP contribution in [0, 0.1) is 0 Å². The third-order valence-electron chi connectivity index (χ3n) is 2.77. The Morgan fingerprint density at radius 1 is 0.900 bits per heavy atom. The largest absolute Gasteiger partial charge is 0.490 e. The zero-order chi connectivity index (χ0) is 14.2. The van der Waals surface area contributed by atoms with E-state index >= 15 is 0 Å². The lowest BCUT2D eigenvalue weighted by Crippen LogP contribution is -2.12. The van der Waals surface area contributed by atoms with E-state index in [1.165, 1.54) is 0 Å². The first-order valence-electron chi connectivity index (χ1n) is 6.54. The summed E-state index contributed by atoms with van der Waals surface area (Å²) in [6, 6.07) is 15.4. The minimum atomic E-state index is 0.456. The Labute approximate surface area is 124 Å². The molecule has 0 aromatic heterocycles. The minimum absolute atomic E-state index is 0.456. The maximum atomic E-state index is 6.01. The molecule has 0 saturated heterocycles. The van der Waals surface area contributed by atoms with E-state index in [0.717, 1.165) is 17.9 Å². The molecule has 0 fully saturated rings. The fourth-order valence-electron chi connectivity index (χ4n) is 1.85. The van der Waals surface area contributed by atoms with Crippen LogP contribution < -0.4 is 14.8 Å². The first kappa shape index (κ1) is 14.7. The predicted octanol–water partition coefficient (Wildman–Crippen LogP) is 3.52. The highest BCUT2D eigenvalue weighted by Crippen LogP contribution is 2.23. The molecule has 2 aromatic rings. The zero-order valence-corrected chi connectivity index (χ0v) is 12.2. The van der Waals surface area contributed by atoms with Crippen LogP contribution in [0.3, 0.4) is 0 Å². The number of hydrogen-bond acceptors (Lipinski definition) is 3. The molecule has 0 heterocycles. The molecule has 0 amide bonds. The molecule has 3 nitrogen and oxygen atoms in total. The Morgan fingerprint density at radius 2 is 1.50 bits per heavy atom. The SMILES string of the molecule is CNCc1ccccc1OCCOc1ccccc1Cl. The van der Waals surface area contributed by atoms with E-state index in [4.69, 9.17) is 21.1 Å². The molecule has 106 valence electrons. The van der Waals surface area contributed by atoms with Crippen LogP contribution in [0.5, 0.6) is 11.5 Å². The van der Waals surface area contributed by atoms with E-state index in [1.807, 2.05) is 49.5 Å². The second-order valence-electron chi connectivity index (χ2n) is 4.27. The number of rotatable bonds is 7. The second kappa shape index (κ2) is 7.78. The Kier molecular flexibility index (Phi) is 5.71. The van der Waals surface area contributed by atoms with Crippen molar-refractivity contribution in [1.82, 2.24) is 5.32 Å². The molecule has 0 saturated carbocycles. The van der Waals surface area contributed by atoms with Crippen LogP contribution in [-0.4, -0.2) is 20.3 Å². The molecule has 0 aliphatic carbocycles. The topological polar surface area (TPSA) is 30.5 Å². The van der Waals surface area contributed by atoms with Gasteiger partial charge in [-0.1, -0.05) is 41.9 Å². The lowest BCUT2D eigenvalue weighted by atomic mass is 10.2. The van der Waals surface area contributed by atoms with E-state index in [1.54, 1.807) is 6.07 Å². The van der Waals surface area contributed by atoms with Gasteiger partial charge in [-0.3, -0.25) is 0 Å². The number of benzene rings is 2. The maximum Gasteiger partial charge on any atom is 0.138 e. The third kappa shape index (κ3) is 4.15. The Hall–Kier alpha value is -1.71. The van der Waals surface area contributed by atoms with Crippen molar-refractivity contribution in [3.8, 4) is 11.5 Å². The van der Waals surface area contributed by atoms with Gasteiger partial charge in [0.2, 0.25) is 0 Å². The van der Waals surface area contributed by atoms with E-state index in [9.17, 15) is 0 Å². The monoisotopic (exact) mass is 291 g/mol. The molecule has 2 rings (SSSR count). The molecule has 0 aliphatic heterocycles. The van der Waals surface area contributed by atoms with Crippen LogP contribution >= 0.6 is 11.6 Å². The van der Waals surface area contributed by atoms with Gasteiger partial charge in [-0.05, 0) is 25.2 Å². The summed E-state index contributed by atoms with van der Waals surface area (Å²) >= 11 is 6.01. The first-order chi connectivity index (χ1) is 9.81. The number of para-hydroxylation sites is 2. The van der Waals surface area contributed by atoms with Crippen molar-refractivity contribution in [1.29, 1.82) is 0 Å². The Balaban J connectivity index is 1.83. The van der Waals surface area contributed by atoms with Gasteiger partial charge in [0, 0.05) is 12.1 Å². The molecule has 0 bridgehead atoms. The molecule has 1 N–H and O–H groups in total. The number of hydrogen-bond donors (Lipinski definition) is 1. The van der Waals surface area contributed by atoms with Gasteiger partial charge in [0.05, 0.1) is 5.02 Å². The van der Waals surface area contributed by atoms with Crippen LogP contribution in [0.15, 0.2) is 48.5 Å². The van der Waals surface area contributed by atoms with E-state index in [2.05, 4.69) is 5.32 Å². The molecular weight excluding hydrogens is 274 g/mol. The summed E-state index contributed by atoms with van der Waals surface area (Å²) < 4.78 is 11.3. The number of halogens is 1.